The fraction of sp³-hybridized carbons (Fsp3) is 0. The molecule has 0 saturated heterocycles. The summed E-state index contributed by atoms with van der Waals surface area (Å²) in [5.74, 6) is 7.91. The second-order valence-corrected chi connectivity index (χ2v) is 28.3. The first-order valence-electron chi connectivity index (χ1n) is 32.6. The number of ether oxygens (including phenoxy) is 5. The average Bonchev–Trinajstić information content (AvgIpc) is 1.01. The van der Waals surface area contributed by atoms with Crippen molar-refractivity contribution in [2.75, 3.05) is 5.32 Å². The molecular weight excluding hydrogens is 1220 g/mol. The third kappa shape index (κ3) is 6.52. The van der Waals surface area contributed by atoms with Crippen molar-refractivity contribution in [3.63, 3.8) is 0 Å². The van der Waals surface area contributed by atoms with E-state index < -0.39 is 0 Å². The fourth-order valence-electron chi connectivity index (χ4n) is 17.4. The molecule has 0 spiro atoms. The number of anilines is 2. The minimum Gasteiger partial charge on any atom is -0.458 e. The Balaban J connectivity index is 0.743. The number of para-hydroxylation sites is 6. The van der Waals surface area contributed by atoms with Crippen LogP contribution in [0.15, 0.2) is 255 Å². The van der Waals surface area contributed by atoms with Gasteiger partial charge in [-0.25, -0.2) is 0 Å². The molecule has 96 heavy (non-hydrogen) atoms. The second kappa shape index (κ2) is 18.1. The summed E-state index contributed by atoms with van der Waals surface area (Å²) < 4.78 is 48.9. The standard InChI is InChI=1S/C82H43B3N4O5S2/c1-9-25-60-46(17-1)47-18-2-10-26-61(47)87(60)43-33-59-76-69(34-43)93-79-52-23-7-15-31-74(52)95-81(79)84(76)54-39-55-66(41-58(54)86-59)90-70-35-44(88-62-27-11-3-19-48(62)49-20-4-12-28-63(49)88)36-71-77(70)83(55)56-40-57-68(42-67(56)91-71)92-72-37-45(89-64-29-13-5-21-50(64)51-22-6-14-30-65(51)89)38-73-78(72)85(57)82-80(94-73)53-24-8-16-32-75(53)96-82/h1-42,86H. The summed E-state index contributed by atoms with van der Waals surface area (Å²) >= 11 is 3.63. The molecule has 13 aromatic carbocycles. The second-order valence-electron chi connectivity index (χ2n) is 26.1. The number of thiophene rings is 2. The maximum Gasteiger partial charge on any atom is 0.273 e. The number of aromatic nitrogens is 3. The molecule has 0 atom stereocenters. The highest BCUT2D eigenvalue weighted by molar-refractivity contribution is 7.34. The molecule has 6 aliphatic rings. The molecule has 18 aromatic rings. The zero-order chi connectivity index (χ0) is 61.9. The summed E-state index contributed by atoms with van der Waals surface area (Å²) in [7, 11) is 0. The summed E-state index contributed by atoms with van der Waals surface area (Å²) in [6.07, 6.45) is 0. The molecule has 11 heterocycles. The van der Waals surface area contributed by atoms with Crippen molar-refractivity contribution in [3.8, 4) is 74.6 Å². The molecule has 5 aromatic heterocycles. The highest BCUT2D eigenvalue weighted by Crippen LogP contribution is 2.48. The van der Waals surface area contributed by atoms with Crippen LogP contribution in [0.1, 0.15) is 0 Å². The van der Waals surface area contributed by atoms with Gasteiger partial charge < -0.3 is 42.7 Å². The van der Waals surface area contributed by atoms with Gasteiger partial charge in [-0.1, -0.05) is 146 Å². The topological polar surface area (TPSA) is 73.0 Å². The molecule has 0 fully saturated rings. The van der Waals surface area contributed by atoms with E-state index in [1.165, 1.54) is 46.5 Å². The number of nitrogens with one attached hydrogen (secondary N) is 1. The maximum absolute atomic E-state index is 7.56. The largest absolute Gasteiger partial charge is 0.458 e. The molecule has 0 aliphatic carbocycles. The van der Waals surface area contributed by atoms with Crippen LogP contribution in [0, 0.1) is 0 Å². The average molecular weight is 1260 g/mol. The number of fused-ring (bicyclic) bond motifs is 25. The van der Waals surface area contributed by atoms with Crippen LogP contribution in [0.4, 0.5) is 11.4 Å². The van der Waals surface area contributed by atoms with Crippen molar-refractivity contribution < 1.29 is 23.7 Å². The van der Waals surface area contributed by atoms with E-state index in [2.05, 4.69) is 274 Å². The van der Waals surface area contributed by atoms with Crippen molar-refractivity contribution >= 4 is 188 Å². The van der Waals surface area contributed by atoms with Gasteiger partial charge >= 0.3 is 0 Å². The van der Waals surface area contributed by atoms with E-state index >= 15 is 0 Å². The van der Waals surface area contributed by atoms with E-state index in [4.69, 9.17) is 23.7 Å². The van der Waals surface area contributed by atoms with Crippen molar-refractivity contribution in [2.24, 2.45) is 0 Å². The molecule has 442 valence electrons. The van der Waals surface area contributed by atoms with Gasteiger partial charge in [-0.2, -0.15) is 0 Å². The Kier molecular flexibility index (Phi) is 9.56. The first kappa shape index (κ1) is 50.7. The predicted octanol–water partition coefficient (Wildman–Crippen LogP) is 15.5. The Hall–Kier alpha value is -11.8. The van der Waals surface area contributed by atoms with E-state index in [0.29, 0.717) is 0 Å². The van der Waals surface area contributed by atoms with Crippen LogP contribution < -0.4 is 76.8 Å². The molecule has 0 bridgehead atoms. The van der Waals surface area contributed by atoms with Crippen LogP contribution in [-0.4, -0.2) is 33.8 Å². The van der Waals surface area contributed by atoms with Crippen molar-refractivity contribution in [1.82, 2.24) is 13.7 Å². The summed E-state index contributed by atoms with van der Waals surface area (Å²) in [4.78, 5) is 0. The number of hydrogen-bond acceptors (Lipinski definition) is 8. The Morgan fingerprint density at radius 3 is 1.02 bits per heavy atom. The van der Waals surface area contributed by atoms with E-state index in [1.807, 2.05) is 11.3 Å². The molecular formula is C82H43B3N4O5S2. The lowest BCUT2D eigenvalue weighted by Gasteiger charge is -2.38. The lowest BCUT2D eigenvalue weighted by atomic mass is 9.31. The number of hydrogen-bond donors (Lipinski definition) is 1. The fourth-order valence-corrected chi connectivity index (χ4v) is 19.9. The summed E-state index contributed by atoms with van der Waals surface area (Å²) in [5.41, 5.74) is 19.0. The van der Waals surface area contributed by atoms with Crippen LogP contribution in [-0.2, 0) is 0 Å². The molecule has 24 rings (SSSR count). The monoisotopic (exact) mass is 1260 g/mol. The summed E-state index contributed by atoms with van der Waals surface area (Å²) in [6, 6.07) is 92.1. The quantitative estimate of drug-likeness (QED) is 0.178. The Bertz CT molecular complexity index is 6180. The van der Waals surface area contributed by atoms with Crippen LogP contribution in [0.25, 0.3) is 103 Å². The zero-order valence-corrected chi connectivity index (χ0v) is 52.3. The van der Waals surface area contributed by atoms with Crippen LogP contribution in [0.2, 0.25) is 0 Å². The highest BCUT2D eigenvalue weighted by atomic mass is 32.1. The Labute approximate surface area is 555 Å². The van der Waals surface area contributed by atoms with E-state index in [9.17, 15) is 0 Å². The van der Waals surface area contributed by atoms with Gasteiger partial charge in [-0.3, -0.25) is 0 Å². The third-order valence-corrected chi connectivity index (χ3v) is 23.7. The number of benzene rings is 13. The van der Waals surface area contributed by atoms with Crippen molar-refractivity contribution in [1.29, 1.82) is 0 Å². The minimum absolute atomic E-state index is 0.171. The lowest BCUT2D eigenvalue weighted by molar-refractivity contribution is 0.452. The molecule has 0 saturated carbocycles. The van der Waals surface area contributed by atoms with E-state index in [0.717, 1.165) is 173 Å². The van der Waals surface area contributed by atoms with Gasteiger partial charge in [0.25, 0.3) is 20.1 Å². The van der Waals surface area contributed by atoms with Gasteiger partial charge in [-0.15, -0.1) is 22.7 Å². The lowest BCUT2D eigenvalue weighted by Crippen LogP contribution is -2.63. The van der Waals surface area contributed by atoms with Crippen LogP contribution >= 0.6 is 22.7 Å². The van der Waals surface area contributed by atoms with Gasteiger partial charge in [0.2, 0.25) is 0 Å². The normalized spacial score (nSPS) is 13.9. The maximum atomic E-state index is 7.56. The van der Waals surface area contributed by atoms with E-state index in [-0.39, 0.29) is 20.1 Å². The highest BCUT2D eigenvalue weighted by Gasteiger charge is 2.49. The molecule has 0 unspecified atom stereocenters. The van der Waals surface area contributed by atoms with Gasteiger partial charge in [0.15, 0.2) is 0 Å². The minimum atomic E-state index is -0.328. The Morgan fingerprint density at radius 1 is 0.260 bits per heavy atom. The molecule has 0 amide bonds. The predicted molar refractivity (Wildman–Crippen MR) is 396 cm³/mol. The van der Waals surface area contributed by atoms with Gasteiger partial charge in [-0.05, 0) is 94.0 Å². The first-order chi connectivity index (χ1) is 47.6. The summed E-state index contributed by atoms with van der Waals surface area (Å²) in [5, 5.41) is 13.4. The van der Waals surface area contributed by atoms with Gasteiger partial charge in [0, 0.05) is 127 Å². The van der Waals surface area contributed by atoms with Crippen LogP contribution in [0.5, 0.6) is 57.5 Å². The number of nitrogens with zero attached hydrogens (tertiary/aromatic N) is 3. The van der Waals surface area contributed by atoms with Crippen molar-refractivity contribution in [2.45, 2.75) is 0 Å². The van der Waals surface area contributed by atoms with Gasteiger partial charge in [0.05, 0.1) is 50.2 Å². The van der Waals surface area contributed by atoms with Gasteiger partial charge in [0.1, 0.15) is 57.5 Å². The summed E-state index contributed by atoms with van der Waals surface area (Å²) in [6.45, 7) is -0.722. The first-order valence-corrected chi connectivity index (χ1v) is 34.2. The smallest absolute Gasteiger partial charge is 0.273 e. The molecule has 1 N–H and O–H groups in total. The molecule has 6 aliphatic heterocycles. The zero-order valence-electron chi connectivity index (χ0n) is 50.7. The number of rotatable bonds is 3. The van der Waals surface area contributed by atoms with E-state index in [1.54, 1.807) is 11.3 Å². The Morgan fingerprint density at radius 2 is 0.583 bits per heavy atom. The molecule has 14 heteroatoms. The van der Waals surface area contributed by atoms with Crippen LogP contribution in [0.3, 0.4) is 0 Å². The SMILES string of the molecule is c1ccc2c3c(sc2c1)B1c2cc4c(cc2Nc2cc(-n5c6ccccc6c6ccccc65)cc(c21)O3)Oc1cc(-n2c3ccccc3c3ccccc32)cc2c1B4c1cc3c(cc1O2)Oc1cc(-n2c4ccccc4c4ccccc42)cc2c1B3c1sc3ccccc3c1O2. The molecule has 9 nitrogen and oxygen atoms in total. The molecule has 0 radical (unpaired) electrons. The van der Waals surface area contributed by atoms with Crippen molar-refractivity contribution in [3.05, 3.63) is 255 Å². The third-order valence-electron chi connectivity index (χ3n) is 21.3.